The zero-order valence-corrected chi connectivity index (χ0v) is 8.65. The van der Waals surface area contributed by atoms with E-state index in [4.69, 9.17) is 4.74 Å². The maximum atomic E-state index is 5.90. The second-order valence-corrected chi connectivity index (χ2v) is 3.66. The Bertz CT molecular complexity index is 273. The van der Waals surface area contributed by atoms with Gasteiger partial charge < -0.3 is 4.74 Å². The molecule has 2 heteroatoms. The minimum absolute atomic E-state index is 0.294. The van der Waals surface area contributed by atoms with Crippen molar-refractivity contribution in [1.29, 1.82) is 0 Å². The number of rotatable bonds is 3. The normalized spacial score (nSPS) is 22.5. The van der Waals surface area contributed by atoms with Gasteiger partial charge >= 0.3 is 0 Å². The van der Waals surface area contributed by atoms with Crippen molar-refractivity contribution in [3.05, 3.63) is 30.3 Å². The van der Waals surface area contributed by atoms with Crippen molar-refractivity contribution in [3.8, 4) is 5.75 Å². The zero-order valence-electron chi connectivity index (χ0n) is 8.65. The number of likely N-dealkylation sites (tertiary alicyclic amines) is 1. The molecule has 76 valence electrons. The van der Waals surface area contributed by atoms with E-state index in [0.717, 1.165) is 18.7 Å². The Morgan fingerprint density at radius 3 is 2.86 bits per heavy atom. The molecule has 0 aromatic heterocycles. The van der Waals surface area contributed by atoms with E-state index in [1.807, 2.05) is 30.3 Å². The lowest BCUT2D eigenvalue weighted by molar-refractivity contribution is 0.0650. The van der Waals surface area contributed by atoms with Gasteiger partial charge in [-0.15, -0.1) is 0 Å². The monoisotopic (exact) mass is 191 g/mol. The lowest BCUT2D eigenvalue weighted by Gasteiger charge is -2.23. The van der Waals surface area contributed by atoms with Gasteiger partial charge in [-0.2, -0.15) is 0 Å². The molecule has 0 amide bonds. The zero-order chi connectivity index (χ0) is 9.80. The van der Waals surface area contributed by atoms with Gasteiger partial charge in [0.1, 0.15) is 5.75 Å². The molecule has 1 fully saturated rings. The number of hydrogen-bond donors (Lipinski definition) is 0. The summed E-state index contributed by atoms with van der Waals surface area (Å²) in [6, 6.07) is 10.1. The number of hydrogen-bond acceptors (Lipinski definition) is 2. The van der Waals surface area contributed by atoms with Crippen LogP contribution in [0.15, 0.2) is 30.3 Å². The van der Waals surface area contributed by atoms with Crippen LogP contribution in [0.5, 0.6) is 5.75 Å². The van der Waals surface area contributed by atoms with E-state index in [1.54, 1.807) is 0 Å². The Balaban J connectivity index is 1.97. The molecule has 1 aliphatic rings. The van der Waals surface area contributed by atoms with Crippen LogP contribution in [-0.2, 0) is 0 Å². The van der Waals surface area contributed by atoms with Gasteiger partial charge in [0.2, 0.25) is 0 Å². The summed E-state index contributed by atoms with van der Waals surface area (Å²) in [6.45, 7) is 4.44. The van der Waals surface area contributed by atoms with Crippen molar-refractivity contribution in [3.63, 3.8) is 0 Å². The van der Waals surface area contributed by atoms with Crippen LogP contribution < -0.4 is 4.74 Å². The fourth-order valence-electron chi connectivity index (χ4n) is 1.95. The van der Waals surface area contributed by atoms with Gasteiger partial charge in [-0.1, -0.05) is 25.1 Å². The summed E-state index contributed by atoms with van der Waals surface area (Å²) in [5, 5.41) is 0. The van der Waals surface area contributed by atoms with Crippen molar-refractivity contribution in [2.75, 3.05) is 13.1 Å². The molecule has 1 saturated heterocycles. The molecule has 2 rings (SSSR count). The van der Waals surface area contributed by atoms with Crippen LogP contribution in [0.1, 0.15) is 19.8 Å². The molecule has 1 heterocycles. The molecule has 1 aromatic carbocycles. The molecule has 0 aliphatic carbocycles. The van der Waals surface area contributed by atoms with E-state index in [-0.39, 0.29) is 0 Å². The molecule has 0 N–H and O–H groups in total. The minimum atomic E-state index is 0.294. The molecule has 1 aliphatic heterocycles. The maximum Gasteiger partial charge on any atom is 0.152 e. The second-order valence-electron chi connectivity index (χ2n) is 3.66. The fraction of sp³-hybridized carbons (Fsp3) is 0.500. The van der Waals surface area contributed by atoms with Crippen LogP contribution >= 0.6 is 0 Å². The summed E-state index contributed by atoms with van der Waals surface area (Å²) >= 11 is 0. The molecular weight excluding hydrogens is 174 g/mol. The molecule has 0 saturated carbocycles. The lowest BCUT2D eigenvalue weighted by Crippen LogP contribution is -2.33. The Labute approximate surface area is 85.5 Å². The first-order valence-corrected chi connectivity index (χ1v) is 5.36. The van der Waals surface area contributed by atoms with Crippen molar-refractivity contribution in [2.45, 2.75) is 26.0 Å². The van der Waals surface area contributed by atoms with Crippen molar-refractivity contribution < 1.29 is 4.74 Å². The van der Waals surface area contributed by atoms with Gasteiger partial charge in [-0.25, -0.2) is 0 Å². The number of nitrogens with zero attached hydrogens (tertiary/aromatic N) is 1. The Hall–Kier alpha value is -1.02. The molecule has 1 unspecified atom stereocenters. The third-order valence-electron chi connectivity index (χ3n) is 2.73. The Kier molecular flexibility index (Phi) is 3.04. The van der Waals surface area contributed by atoms with Gasteiger partial charge in [-0.3, -0.25) is 4.90 Å². The van der Waals surface area contributed by atoms with Crippen molar-refractivity contribution >= 4 is 0 Å². The van der Waals surface area contributed by atoms with E-state index in [2.05, 4.69) is 11.8 Å². The molecular formula is C12H17NO. The van der Waals surface area contributed by atoms with E-state index in [0.29, 0.717) is 6.23 Å². The van der Waals surface area contributed by atoms with E-state index in [9.17, 15) is 0 Å². The van der Waals surface area contributed by atoms with Gasteiger partial charge in [0, 0.05) is 6.54 Å². The van der Waals surface area contributed by atoms with Crippen molar-refractivity contribution in [2.24, 2.45) is 0 Å². The largest absolute Gasteiger partial charge is 0.475 e. The standard InChI is InChI=1S/C12H17NO/c1-2-13-10-6-9-12(13)14-11-7-4-3-5-8-11/h3-5,7-8,12H,2,6,9-10H2,1H3. The number of para-hydroxylation sites is 1. The summed E-state index contributed by atoms with van der Waals surface area (Å²) in [5.74, 6) is 0.984. The van der Waals surface area contributed by atoms with Crippen molar-refractivity contribution in [1.82, 2.24) is 4.90 Å². The lowest BCUT2D eigenvalue weighted by atomic mass is 10.3. The summed E-state index contributed by atoms with van der Waals surface area (Å²) in [6.07, 6.45) is 2.70. The molecule has 0 radical (unpaired) electrons. The highest BCUT2D eigenvalue weighted by atomic mass is 16.5. The average molecular weight is 191 g/mol. The van der Waals surface area contributed by atoms with Gasteiger partial charge in [-0.05, 0) is 31.5 Å². The molecule has 2 nitrogen and oxygen atoms in total. The molecule has 14 heavy (non-hydrogen) atoms. The SMILES string of the molecule is CCN1CCCC1Oc1ccccc1. The predicted octanol–water partition coefficient (Wildman–Crippen LogP) is 2.51. The first-order chi connectivity index (χ1) is 6.90. The second kappa shape index (κ2) is 4.47. The first kappa shape index (κ1) is 9.53. The van der Waals surface area contributed by atoms with E-state index < -0.39 is 0 Å². The summed E-state index contributed by atoms with van der Waals surface area (Å²) in [7, 11) is 0. The van der Waals surface area contributed by atoms with Crippen LogP contribution in [0.2, 0.25) is 0 Å². The topological polar surface area (TPSA) is 12.5 Å². The molecule has 0 spiro atoms. The summed E-state index contributed by atoms with van der Waals surface area (Å²) in [5.41, 5.74) is 0. The maximum absolute atomic E-state index is 5.90. The van der Waals surface area contributed by atoms with Crippen LogP contribution in [0.25, 0.3) is 0 Å². The molecule has 1 aromatic rings. The van der Waals surface area contributed by atoms with Gasteiger partial charge in [0.15, 0.2) is 6.23 Å². The Morgan fingerprint density at radius 2 is 2.14 bits per heavy atom. The van der Waals surface area contributed by atoms with E-state index >= 15 is 0 Å². The van der Waals surface area contributed by atoms with Crippen LogP contribution in [0.4, 0.5) is 0 Å². The highest BCUT2D eigenvalue weighted by Crippen LogP contribution is 2.20. The van der Waals surface area contributed by atoms with Gasteiger partial charge in [0.25, 0.3) is 0 Å². The fourth-order valence-corrected chi connectivity index (χ4v) is 1.95. The third kappa shape index (κ3) is 2.07. The number of ether oxygens (including phenoxy) is 1. The highest BCUT2D eigenvalue weighted by molar-refractivity contribution is 5.21. The first-order valence-electron chi connectivity index (χ1n) is 5.36. The average Bonchev–Trinajstić information content (AvgIpc) is 2.67. The number of benzene rings is 1. The molecule has 0 bridgehead atoms. The van der Waals surface area contributed by atoms with Crippen LogP contribution in [-0.4, -0.2) is 24.2 Å². The van der Waals surface area contributed by atoms with Crippen LogP contribution in [0.3, 0.4) is 0 Å². The molecule has 1 atom stereocenters. The third-order valence-corrected chi connectivity index (χ3v) is 2.73. The quantitative estimate of drug-likeness (QED) is 0.728. The van der Waals surface area contributed by atoms with Crippen LogP contribution in [0, 0.1) is 0 Å². The smallest absolute Gasteiger partial charge is 0.152 e. The van der Waals surface area contributed by atoms with Gasteiger partial charge in [0.05, 0.1) is 0 Å². The highest BCUT2D eigenvalue weighted by Gasteiger charge is 2.24. The minimum Gasteiger partial charge on any atom is -0.475 e. The van der Waals surface area contributed by atoms with E-state index in [1.165, 1.54) is 13.0 Å². The Morgan fingerprint density at radius 1 is 1.36 bits per heavy atom. The predicted molar refractivity (Wildman–Crippen MR) is 57.3 cm³/mol. The summed E-state index contributed by atoms with van der Waals surface area (Å²) in [4.78, 5) is 2.38. The summed E-state index contributed by atoms with van der Waals surface area (Å²) < 4.78 is 5.90.